The Hall–Kier alpha value is -1.10. The molecule has 0 heterocycles. The molecule has 0 N–H and O–H groups in total. The van der Waals surface area contributed by atoms with Crippen molar-refractivity contribution in [2.75, 3.05) is 46.3 Å². The van der Waals surface area contributed by atoms with Gasteiger partial charge in [-0.3, -0.25) is 9.59 Å². The van der Waals surface area contributed by atoms with Crippen LogP contribution in [0.4, 0.5) is 0 Å². The molecule has 0 spiro atoms. The summed E-state index contributed by atoms with van der Waals surface area (Å²) in [6.07, 6.45) is 63.6. The second-order valence-electron chi connectivity index (χ2n) is 21.8. The quantitative estimate of drug-likeness (QED) is 0.0571. The summed E-state index contributed by atoms with van der Waals surface area (Å²) >= 11 is 0. The van der Waals surface area contributed by atoms with Crippen LogP contribution in [0.5, 0.6) is 0 Å². The molecule has 1 rings (SSSR count). The Balaban J connectivity index is 0.00000811. The van der Waals surface area contributed by atoms with E-state index in [2.05, 4.69) is 49.4 Å². The Morgan fingerprint density at radius 2 is 0.433 bits per heavy atom. The Kier molecular flexibility index (Phi) is 54.9. The van der Waals surface area contributed by atoms with Gasteiger partial charge in [0.1, 0.15) is 0 Å². The summed E-state index contributed by atoms with van der Waals surface area (Å²) in [6.45, 7) is 15.5. The van der Waals surface area contributed by atoms with Crippen LogP contribution in [0.1, 0.15) is 342 Å². The van der Waals surface area contributed by atoms with Gasteiger partial charge in [0.15, 0.2) is 0 Å². The van der Waals surface area contributed by atoms with E-state index in [4.69, 9.17) is 0 Å². The maximum absolute atomic E-state index is 13.3. The van der Waals surface area contributed by atoms with Crippen LogP contribution >= 0.6 is 0 Å². The van der Waals surface area contributed by atoms with Gasteiger partial charge in [-0.05, 0) is 71.5 Å². The largest absolute Gasteiger partial charge is 0.343 e. The summed E-state index contributed by atoms with van der Waals surface area (Å²) in [5, 5.41) is 0. The molecule has 1 fully saturated rings. The molecular formula is C62H125N3O2. The number of hydrogen-bond donors (Lipinski definition) is 0. The molecule has 67 heavy (non-hydrogen) atoms. The molecule has 1 aliphatic carbocycles. The summed E-state index contributed by atoms with van der Waals surface area (Å²) in [5.41, 5.74) is 0. The van der Waals surface area contributed by atoms with Gasteiger partial charge >= 0.3 is 0 Å². The minimum absolute atomic E-state index is 0.423. The number of hydrogen-bond acceptors (Lipinski definition) is 3. The van der Waals surface area contributed by atoms with Gasteiger partial charge < -0.3 is 14.7 Å². The Bertz CT molecular complexity index is 851. The first kappa shape index (κ1) is 65.9. The fourth-order valence-electron chi connectivity index (χ4n) is 10.2. The van der Waals surface area contributed by atoms with Gasteiger partial charge in [-0.1, -0.05) is 278 Å². The van der Waals surface area contributed by atoms with Gasteiger partial charge in [-0.25, -0.2) is 0 Å². The molecule has 0 aromatic carbocycles. The lowest BCUT2D eigenvalue weighted by molar-refractivity contribution is -0.132. The summed E-state index contributed by atoms with van der Waals surface area (Å²) in [6, 6.07) is 0. The zero-order valence-electron chi connectivity index (χ0n) is 47.0. The monoisotopic (exact) mass is 944 g/mol. The Labute approximate surface area is 423 Å². The highest BCUT2D eigenvalue weighted by Gasteiger charge is 2.14. The Morgan fingerprint density at radius 3 is 0.657 bits per heavy atom. The molecule has 0 saturated heterocycles. The minimum atomic E-state index is 0.423. The van der Waals surface area contributed by atoms with Gasteiger partial charge in [0.25, 0.3) is 0 Å². The molecule has 2 amide bonds. The second-order valence-corrected chi connectivity index (χ2v) is 21.8. The predicted molar refractivity (Wildman–Crippen MR) is 300 cm³/mol. The van der Waals surface area contributed by atoms with E-state index in [1.807, 2.05) is 0 Å². The van der Waals surface area contributed by atoms with Crippen molar-refractivity contribution in [3.8, 4) is 0 Å². The second kappa shape index (κ2) is 55.8. The molecule has 400 valence electrons. The van der Waals surface area contributed by atoms with Gasteiger partial charge in [-0.15, -0.1) is 0 Å². The first-order valence-corrected chi connectivity index (χ1v) is 31.2. The number of rotatable bonds is 52. The lowest BCUT2D eigenvalue weighted by atomic mass is 10.1. The normalized spacial score (nSPS) is 12.5. The molecule has 1 saturated carbocycles. The van der Waals surface area contributed by atoms with E-state index in [0.717, 1.165) is 51.9 Å². The highest BCUT2D eigenvalue weighted by atomic mass is 16.2. The van der Waals surface area contributed by atoms with Crippen LogP contribution in [0.15, 0.2) is 0 Å². The summed E-state index contributed by atoms with van der Waals surface area (Å²) in [7, 11) is 2.29. The van der Waals surface area contributed by atoms with E-state index in [0.29, 0.717) is 11.8 Å². The molecule has 5 nitrogen and oxygen atoms in total. The summed E-state index contributed by atoms with van der Waals surface area (Å²) in [4.78, 5) is 33.6. The zero-order chi connectivity index (χ0) is 48.8. The maximum atomic E-state index is 13.3. The van der Waals surface area contributed by atoms with E-state index in [-0.39, 0.29) is 0 Å². The lowest BCUT2D eigenvalue weighted by Crippen LogP contribution is -2.32. The molecule has 0 aliphatic heterocycles. The molecule has 0 atom stereocenters. The standard InChI is InChI=1S/C57H115N3O2.C5H10/c1-6-10-14-18-22-26-36-44-52-59(53-45-37-27-23-19-15-11-7-2)56(61)48-40-32-30-34-42-50-58(5)51-43-35-31-33-41-49-57(62)60(54-46-38-28-24-20-16-12-8-3)55-47-39-29-25-21-17-13-9-4;1-2-4-5-3-1/h6-55H2,1-5H3;1-5H2. The highest BCUT2D eigenvalue weighted by Crippen LogP contribution is 2.17. The van der Waals surface area contributed by atoms with E-state index < -0.39 is 0 Å². The molecule has 0 unspecified atom stereocenters. The minimum Gasteiger partial charge on any atom is -0.343 e. The van der Waals surface area contributed by atoms with Crippen LogP contribution in [0.2, 0.25) is 0 Å². The van der Waals surface area contributed by atoms with E-state index in [1.54, 1.807) is 0 Å². The van der Waals surface area contributed by atoms with Gasteiger partial charge in [0.2, 0.25) is 11.8 Å². The molecular weight excluding hydrogens is 819 g/mol. The maximum Gasteiger partial charge on any atom is 0.222 e. The fourth-order valence-corrected chi connectivity index (χ4v) is 10.2. The van der Waals surface area contributed by atoms with Crippen LogP contribution in [0.25, 0.3) is 0 Å². The lowest BCUT2D eigenvalue weighted by Gasteiger charge is -2.23. The van der Waals surface area contributed by atoms with Crippen molar-refractivity contribution in [3.05, 3.63) is 0 Å². The smallest absolute Gasteiger partial charge is 0.222 e. The van der Waals surface area contributed by atoms with Crippen LogP contribution in [0.3, 0.4) is 0 Å². The molecule has 0 radical (unpaired) electrons. The van der Waals surface area contributed by atoms with Crippen molar-refractivity contribution in [2.45, 2.75) is 342 Å². The summed E-state index contributed by atoms with van der Waals surface area (Å²) in [5.74, 6) is 0.847. The number of nitrogens with zero attached hydrogens (tertiary/aromatic N) is 3. The third-order valence-corrected chi connectivity index (χ3v) is 14.9. The summed E-state index contributed by atoms with van der Waals surface area (Å²) < 4.78 is 0. The van der Waals surface area contributed by atoms with Crippen LogP contribution in [-0.4, -0.2) is 72.8 Å². The number of unbranched alkanes of at least 4 members (excludes halogenated alkanes) is 36. The third-order valence-electron chi connectivity index (χ3n) is 14.9. The molecule has 0 aromatic rings. The van der Waals surface area contributed by atoms with Crippen LogP contribution < -0.4 is 0 Å². The topological polar surface area (TPSA) is 43.9 Å². The van der Waals surface area contributed by atoms with Crippen molar-refractivity contribution in [1.82, 2.24) is 14.7 Å². The third kappa shape index (κ3) is 49.7. The predicted octanol–water partition coefficient (Wildman–Crippen LogP) is 19.8. The number of carbonyl (C=O) groups is 2. The Morgan fingerprint density at radius 1 is 0.254 bits per heavy atom. The van der Waals surface area contributed by atoms with Gasteiger partial charge in [-0.2, -0.15) is 0 Å². The number of carbonyl (C=O) groups excluding carboxylic acids is 2. The first-order chi connectivity index (χ1) is 33.0. The van der Waals surface area contributed by atoms with Gasteiger partial charge in [0, 0.05) is 39.0 Å². The first-order valence-electron chi connectivity index (χ1n) is 31.2. The van der Waals surface area contributed by atoms with Crippen molar-refractivity contribution >= 4 is 11.8 Å². The van der Waals surface area contributed by atoms with Crippen molar-refractivity contribution in [2.24, 2.45) is 0 Å². The van der Waals surface area contributed by atoms with E-state index >= 15 is 0 Å². The van der Waals surface area contributed by atoms with Crippen LogP contribution in [-0.2, 0) is 9.59 Å². The molecule has 0 bridgehead atoms. The average Bonchev–Trinajstić information content (AvgIpc) is 3.93. The number of amides is 2. The van der Waals surface area contributed by atoms with E-state index in [1.165, 1.54) is 302 Å². The highest BCUT2D eigenvalue weighted by molar-refractivity contribution is 5.76. The zero-order valence-corrected chi connectivity index (χ0v) is 47.0. The van der Waals surface area contributed by atoms with Crippen molar-refractivity contribution in [1.29, 1.82) is 0 Å². The van der Waals surface area contributed by atoms with Crippen molar-refractivity contribution in [3.63, 3.8) is 0 Å². The molecule has 1 aliphatic rings. The van der Waals surface area contributed by atoms with E-state index in [9.17, 15) is 9.59 Å². The fraction of sp³-hybridized carbons (Fsp3) is 0.968. The average molecular weight is 945 g/mol. The SMILES string of the molecule is C1CCCC1.CCCCCCCCCCN(CCCCCCCCCC)C(=O)CCCCCCCN(C)CCCCCCCC(=O)N(CCCCCCCCCC)CCCCCCCCCC. The molecule has 5 heteroatoms. The van der Waals surface area contributed by atoms with Crippen LogP contribution in [0, 0.1) is 0 Å². The van der Waals surface area contributed by atoms with Crippen molar-refractivity contribution < 1.29 is 9.59 Å². The van der Waals surface area contributed by atoms with Gasteiger partial charge in [0.05, 0.1) is 0 Å². The molecule has 0 aromatic heterocycles.